The zero-order chi connectivity index (χ0) is 7.11. The number of nitrogens with one attached hydrogen (secondary N) is 1. The molecule has 0 bridgehead atoms. The fourth-order valence-electron chi connectivity index (χ4n) is 0.573. The number of hydrogen-bond donors (Lipinski definition) is 2. The molecule has 3 heteroatoms. The van der Waals surface area contributed by atoms with E-state index in [1.54, 1.807) is 0 Å². The van der Waals surface area contributed by atoms with Crippen molar-refractivity contribution < 1.29 is 0 Å². The van der Waals surface area contributed by atoms with Crippen LogP contribution in [0.25, 0.3) is 0 Å². The summed E-state index contributed by atoms with van der Waals surface area (Å²) in [5.41, 5.74) is 3.03. The highest BCUT2D eigenvalue weighted by Gasteiger charge is 1.90. The number of hydrogen-bond acceptors (Lipinski definition) is 3. The van der Waals surface area contributed by atoms with Crippen LogP contribution in [0.2, 0.25) is 0 Å². The summed E-state index contributed by atoms with van der Waals surface area (Å²) < 4.78 is 0. The second-order valence-electron chi connectivity index (χ2n) is 2.08. The number of rotatable bonds is 5. The predicted octanol–water partition coefficient (Wildman–Crippen LogP) is 0.763. The van der Waals surface area contributed by atoms with Crippen LogP contribution in [0.1, 0.15) is 12.8 Å². The summed E-state index contributed by atoms with van der Waals surface area (Å²) in [6, 6.07) is 0. The largest absolute Gasteiger partial charge is 0.259 e. The van der Waals surface area contributed by atoms with Crippen molar-refractivity contribution in [1.29, 1.82) is 0 Å². The third-order valence-electron chi connectivity index (χ3n) is 1.28. The molecule has 0 rings (SSSR count). The van der Waals surface area contributed by atoms with Gasteiger partial charge in [0.15, 0.2) is 0 Å². The highest BCUT2D eigenvalue weighted by atomic mass is 32.1. The second kappa shape index (κ2) is 6.39. The lowest BCUT2D eigenvalue weighted by Gasteiger charge is -2.13. The molecule has 2 nitrogen and oxygen atoms in total. The maximum atomic E-state index is 4.11. The molecule has 0 aromatic rings. The Morgan fingerprint density at radius 3 is 2.56 bits per heavy atom. The molecule has 0 saturated carbocycles. The molecule has 0 aliphatic heterocycles. The van der Waals surface area contributed by atoms with Gasteiger partial charge in [-0.25, -0.2) is 5.01 Å². The molecule has 0 fully saturated rings. The summed E-state index contributed by atoms with van der Waals surface area (Å²) in [6.45, 7) is 1.11. The van der Waals surface area contributed by atoms with Gasteiger partial charge in [-0.15, -0.1) is 0 Å². The first-order valence-corrected chi connectivity index (χ1v) is 3.94. The monoisotopic (exact) mass is 148 g/mol. The molecule has 0 spiro atoms. The fraction of sp³-hybridized carbons (Fsp3) is 1.00. The zero-order valence-electron chi connectivity index (χ0n) is 6.22. The lowest BCUT2D eigenvalue weighted by molar-refractivity contribution is 0.256. The molecule has 1 N–H and O–H groups in total. The molecular formula is C6H16N2S. The summed E-state index contributed by atoms with van der Waals surface area (Å²) in [5, 5.41) is 2.07. The van der Waals surface area contributed by atoms with Crippen molar-refractivity contribution in [3.63, 3.8) is 0 Å². The van der Waals surface area contributed by atoms with Crippen LogP contribution in [-0.4, -0.2) is 31.4 Å². The van der Waals surface area contributed by atoms with Crippen molar-refractivity contribution in [1.82, 2.24) is 10.4 Å². The van der Waals surface area contributed by atoms with E-state index in [4.69, 9.17) is 0 Å². The van der Waals surface area contributed by atoms with E-state index in [2.05, 4.69) is 23.1 Å². The summed E-state index contributed by atoms with van der Waals surface area (Å²) >= 11 is 4.11. The number of hydrazine groups is 1. The average Bonchev–Trinajstić information content (AvgIpc) is 1.89. The molecule has 0 aromatic carbocycles. The minimum atomic E-state index is 0.998. The van der Waals surface area contributed by atoms with E-state index in [9.17, 15) is 0 Å². The van der Waals surface area contributed by atoms with E-state index in [1.165, 1.54) is 12.8 Å². The van der Waals surface area contributed by atoms with Crippen LogP contribution in [0, 0.1) is 0 Å². The molecule has 56 valence electrons. The third-order valence-corrected chi connectivity index (χ3v) is 1.60. The van der Waals surface area contributed by atoms with Crippen molar-refractivity contribution in [2.24, 2.45) is 0 Å². The van der Waals surface area contributed by atoms with Crippen molar-refractivity contribution >= 4 is 12.6 Å². The number of nitrogens with zero attached hydrogens (tertiary/aromatic N) is 1. The van der Waals surface area contributed by atoms with Crippen molar-refractivity contribution in [2.45, 2.75) is 12.8 Å². The van der Waals surface area contributed by atoms with Gasteiger partial charge in [-0.05, 0) is 25.6 Å². The van der Waals surface area contributed by atoms with Gasteiger partial charge in [0.25, 0.3) is 0 Å². The van der Waals surface area contributed by atoms with Gasteiger partial charge in [-0.1, -0.05) is 0 Å². The van der Waals surface area contributed by atoms with Crippen molar-refractivity contribution in [2.75, 3.05) is 26.4 Å². The Hall–Kier alpha value is 0.270. The molecule has 0 heterocycles. The molecule has 0 atom stereocenters. The maximum absolute atomic E-state index is 4.11. The summed E-state index contributed by atoms with van der Waals surface area (Å²) in [4.78, 5) is 0. The molecule has 0 aliphatic rings. The molecule has 0 radical (unpaired) electrons. The van der Waals surface area contributed by atoms with Crippen LogP contribution < -0.4 is 5.43 Å². The molecule has 0 amide bonds. The van der Waals surface area contributed by atoms with Crippen LogP contribution in [0.15, 0.2) is 0 Å². The van der Waals surface area contributed by atoms with Crippen LogP contribution in [-0.2, 0) is 0 Å². The summed E-state index contributed by atoms with van der Waals surface area (Å²) in [5.74, 6) is 0.998. The van der Waals surface area contributed by atoms with Crippen molar-refractivity contribution in [3.05, 3.63) is 0 Å². The molecule has 0 saturated heterocycles. The molecule has 0 aromatic heterocycles. The lowest BCUT2D eigenvalue weighted by Crippen LogP contribution is -2.31. The van der Waals surface area contributed by atoms with Gasteiger partial charge in [0.1, 0.15) is 0 Å². The first-order chi connectivity index (χ1) is 4.31. The Bertz CT molecular complexity index is 59.0. The summed E-state index contributed by atoms with van der Waals surface area (Å²) in [6.07, 6.45) is 2.43. The molecule has 9 heavy (non-hydrogen) atoms. The van der Waals surface area contributed by atoms with Crippen LogP contribution in [0.3, 0.4) is 0 Å². The van der Waals surface area contributed by atoms with E-state index in [0.717, 1.165) is 12.3 Å². The van der Waals surface area contributed by atoms with Crippen LogP contribution in [0.4, 0.5) is 0 Å². The SMILES string of the molecule is CNN(C)CCCCS. The van der Waals surface area contributed by atoms with Gasteiger partial charge in [0.2, 0.25) is 0 Å². The Balaban J connectivity index is 2.88. The normalized spacial score (nSPS) is 10.7. The van der Waals surface area contributed by atoms with E-state index >= 15 is 0 Å². The predicted molar refractivity (Wildman–Crippen MR) is 44.8 cm³/mol. The summed E-state index contributed by atoms with van der Waals surface area (Å²) in [7, 11) is 3.97. The number of unbranched alkanes of at least 4 members (excludes halogenated alkanes) is 1. The van der Waals surface area contributed by atoms with E-state index in [0.29, 0.717) is 0 Å². The van der Waals surface area contributed by atoms with Gasteiger partial charge < -0.3 is 0 Å². The third kappa shape index (κ3) is 6.15. The first-order valence-electron chi connectivity index (χ1n) is 3.30. The van der Waals surface area contributed by atoms with Crippen LogP contribution >= 0.6 is 12.6 Å². The van der Waals surface area contributed by atoms with E-state index < -0.39 is 0 Å². The maximum Gasteiger partial charge on any atom is 0.0128 e. The van der Waals surface area contributed by atoms with Gasteiger partial charge in [-0.3, -0.25) is 5.43 Å². The van der Waals surface area contributed by atoms with Gasteiger partial charge in [0.05, 0.1) is 0 Å². The van der Waals surface area contributed by atoms with Crippen LogP contribution in [0.5, 0.6) is 0 Å². The van der Waals surface area contributed by atoms with E-state index in [-0.39, 0.29) is 0 Å². The Morgan fingerprint density at radius 2 is 2.11 bits per heavy atom. The van der Waals surface area contributed by atoms with Gasteiger partial charge in [0, 0.05) is 13.6 Å². The Kier molecular flexibility index (Phi) is 6.58. The van der Waals surface area contributed by atoms with Crippen molar-refractivity contribution in [3.8, 4) is 0 Å². The first kappa shape index (κ1) is 9.27. The quantitative estimate of drug-likeness (QED) is 0.340. The lowest BCUT2D eigenvalue weighted by atomic mass is 10.3. The van der Waals surface area contributed by atoms with Gasteiger partial charge in [-0.2, -0.15) is 12.6 Å². The zero-order valence-corrected chi connectivity index (χ0v) is 7.12. The molecule has 0 aliphatic carbocycles. The highest BCUT2D eigenvalue weighted by Crippen LogP contribution is 1.91. The Labute approximate surface area is 63.0 Å². The second-order valence-corrected chi connectivity index (χ2v) is 2.52. The van der Waals surface area contributed by atoms with E-state index in [1.807, 2.05) is 14.1 Å². The number of thiol groups is 1. The topological polar surface area (TPSA) is 15.3 Å². The molecule has 0 unspecified atom stereocenters. The smallest absolute Gasteiger partial charge is 0.0128 e. The Morgan fingerprint density at radius 1 is 1.44 bits per heavy atom. The highest BCUT2D eigenvalue weighted by molar-refractivity contribution is 7.80. The average molecular weight is 148 g/mol. The minimum Gasteiger partial charge on any atom is -0.259 e. The minimum absolute atomic E-state index is 0.998. The molecular weight excluding hydrogens is 132 g/mol. The standard InChI is InChI=1S/C6H16N2S/c1-7-8(2)5-3-4-6-9/h7,9H,3-6H2,1-2H3. The fourth-order valence-corrected chi connectivity index (χ4v) is 0.796. The van der Waals surface area contributed by atoms with Gasteiger partial charge >= 0.3 is 0 Å².